The molecule has 0 saturated heterocycles. The monoisotopic (exact) mass is 324 g/mol. The number of rotatable bonds is 5. The molecule has 0 bridgehead atoms. The molecule has 0 aliphatic rings. The van der Waals surface area contributed by atoms with Crippen molar-refractivity contribution in [3.63, 3.8) is 0 Å². The summed E-state index contributed by atoms with van der Waals surface area (Å²) in [6.45, 7) is 3.55. The van der Waals surface area contributed by atoms with E-state index in [0.717, 1.165) is 10.7 Å². The van der Waals surface area contributed by atoms with Crippen molar-refractivity contribution in [2.75, 3.05) is 7.05 Å². The van der Waals surface area contributed by atoms with Crippen LogP contribution in [0.1, 0.15) is 28.0 Å². The normalized spacial score (nSPS) is 11.8. The summed E-state index contributed by atoms with van der Waals surface area (Å²) in [4.78, 5) is 15.6. The van der Waals surface area contributed by atoms with Crippen LogP contribution in [0, 0.1) is 6.92 Å². The highest BCUT2D eigenvalue weighted by Crippen LogP contribution is 2.18. The van der Waals surface area contributed by atoms with Crippen molar-refractivity contribution in [1.82, 2.24) is 9.29 Å². The van der Waals surface area contributed by atoms with Gasteiger partial charge in [-0.2, -0.15) is 4.31 Å². The van der Waals surface area contributed by atoms with Crippen LogP contribution in [-0.2, 0) is 16.6 Å². The maximum absolute atomic E-state index is 12.4. The predicted octanol–water partition coefficient (Wildman–Crippen LogP) is 2.47. The summed E-state index contributed by atoms with van der Waals surface area (Å²) in [6.07, 6.45) is 0. The number of nitrogens with zero attached hydrogens (tertiary/aromatic N) is 2. The van der Waals surface area contributed by atoms with Gasteiger partial charge in [0.2, 0.25) is 10.0 Å². The molecule has 1 aromatic heterocycles. The molecule has 0 aliphatic carbocycles. The molecule has 21 heavy (non-hydrogen) atoms. The van der Waals surface area contributed by atoms with Crippen molar-refractivity contribution in [3.8, 4) is 0 Å². The lowest BCUT2D eigenvalue weighted by molar-refractivity contribution is 0.101. The van der Waals surface area contributed by atoms with E-state index < -0.39 is 10.0 Å². The second kappa shape index (κ2) is 6.05. The third-order valence-electron chi connectivity index (χ3n) is 3.02. The fraction of sp³-hybridized carbons (Fsp3) is 0.286. The number of aryl methyl sites for hydroxylation is 1. The summed E-state index contributed by atoms with van der Waals surface area (Å²) in [5.74, 6) is -0.0924. The Morgan fingerprint density at radius 1 is 1.29 bits per heavy atom. The van der Waals surface area contributed by atoms with Gasteiger partial charge in [0.15, 0.2) is 5.78 Å². The summed E-state index contributed by atoms with van der Waals surface area (Å²) in [5.41, 5.74) is 1.22. The summed E-state index contributed by atoms with van der Waals surface area (Å²) >= 11 is 1.49. The molecule has 0 N–H and O–H groups in total. The predicted molar refractivity (Wildman–Crippen MR) is 82.0 cm³/mol. The van der Waals surface area contributed by atoms with Gasteiger partial charge in [-0.25, -0.2) is 13.4 Å². The Morgan fingerprint density at radius 3 is 2.38 bits per heavy atom. The smallest absolute Gasteiger partial charge is 0.243 e. The summed E-state index contributed by atoms with van der Waals surface area (Å²) in [5, 5.41) is 2.75. The standard InChI is InChI=1S/C14H16N2O3S2/c1-10(17)12-4-6-14(7-5-12)21(18,19)16(3)8-13-9-20-11(2)15-13/h4-7,9H,8H2,1-3H3. The number of benzene rings is 1. The highest BCUT2D eigenvalue weighted by molar-refractivity contribution is 7.89. The van der Waals surface area contributed by atoms with Crippen LogP contribution in [0.5, 0.6) is 0 Å². The first-order valence-electron chi connectivity index (χ1n) is 6.29. The lowest BCUT2D eigenvalue weighted by Crippen LogP contribution is -2.26. The van der Waals surface area contributed by atoms with Gasteiger partial charge in [0.25, 0.3) is 0 Å². The van der Waals surface area contributed by atoms with E-state index in [1.54, 1.807) is 0 Å². The van der Waals surface area contributed by atoms with E-state index in [4.69, 9.17) is 0 Å². The lowest BCUT2D eigenvalue weighted by atomic mass is 10.2. The van der Waals surface area contributed by atoms with Gasteiger partial charge in [-0.1, -0.05) is 12.1 Å². The molecule has 0 amide bonds. The molecule has 0 atom stereocenters. The third kappa shape index (κ3) is 3.55. The van der Waals surface area contributed by atoms with Gasteiger partial charge in [-0.05, 0) is 26.0 Å². The van der Waals surface area contributed by atoms with Gasteiger partial charge < -0.3 is 0 Å². The van der Waals surface area contributed by atoms with Gasteiger partial charge in [-0.15, -0.1) is 11.3 Å². The number of Topliss-reactive ketones (excluding diaryl/α,β-unsaturated/α-hetero) is 1. The molecule has 0 aliphatic heterocycles. The molecule has 2 aromatic rings. The minimum Gasteiger partial charge on any atom is -0.295 e. The highest BCUT2D eigenvalue weighted by atomic mass is 32.2. The number of aromatic nitrogens is 1. The average Bonchev–Trinajstić information content (AvgIpc) is 2.84. The Balaban J connectivity index is 2.22. The molecule has 7 heteroatoms. The van der Waals surface area contributed by atoms with Crippen LogP contribution in [0.15, 0.2) is 34.5 Å². The Morgan fingerprint density at radius 2 is 1.90 bits per heavy atom. The van der Waals surface area contributed by atoms with E-state index in [2.05, 4.69) is 4.98 Å². The summed E-state index contributed by atoms with van der Waals surface area (Å²) in [7, 11) is -2.07. The number of hydrogen-bond acceptors (Lipinski definition) is 5. The van der Waals surface area contributed by atoms with Crippen LogP contribution in [0.2, 0.25) is 0 Å². The van der Waals surface area contributed by atoms with Crippen molar-refractivity contribution in [2.45, 2.75) is 25.3 Å². The van der Waals surface area contributed by atoms with Crippen LogP contribution >= 0.6 is 11.3 Å². The van der Waals surface area contributed by atoms with Crippen LogP contribution in [0.25, 0.3) is 0 Å². The Bertz CT molecular complexity index is 749. The molecule has 1 heterocycles. The molecule has 112 valence electrons. The van der Waals surface area contributed by atoms with E-state index >= 15 is 0 Å². The van der Waals surface area contributed by atoms with Gasteiger partial charge >= 0.3 is 0 Å². The molecule has 1 aromatic carbocycles. The van der Waals surface area contributed by atoms with Crippen LogP contribution in [0.3, 0.4) is 0 Å². The fourth-order valence-electron chi connectivity index (χ4n) is 1.84. The molecular weight excluding hydrogens is 308 g/mol. The quantitative estimate of drug-likeness (QED) is 0.792. The van der Waals surface area contributed by atoms with Crippen molar-refractivity contribution >= 4 is 27.1 Å². The van der Waals surface area contributed by atoms with Crippen LogP contribution in [-0.4, -0.2) is 30.5 Å². The summed E-state index contributed by atoms with van der Waals surface area (Å²) < 4.78 is 26.1. The Labute approximate surface area is 128 Å². The first-order valence-corrected chi connectivity index (χ1v) is 8.61. The van der Waals surface area contributed by atoms with Gasteiger partial charge in [-0.3, -0.25) is 4.79 Å². The van der Waals surface area contributed by atoms with Crippen molar-refractivity contribution in [3.05, 3.63) is 45.9 Å². The molecule has 0 saturated carbocycles. The second-order valence-electron chi connectivity index (χ2n) is 4.70. The SMILES string of the molecule is CC(=O)c1ccc(S(=O)(=O)N(C)Cc2csc(C)n2)cc1. The van der Waals surface area contributed by atoms with Crippen LogP contribution in [0.4, 0.5) is 0 Å². The van der Waals surface area contributed by atoms with Crippen molar-refractivity contribution in [2.24, 2.45) is 0 Å². The second-order valence-corrected chi connectivity index (χ2v) is 7.81. The minimum absolute atomic E-state index is 0.0924. The third-order valence-corrected chi connectivity index (χ3v) is 5.66. The molecule has 2 rings (SSSR count). The zero-order valence-electron chi connectivity index (χ0n) is 12.0. The van der Waals surface area contributed by atoms with Crippen molar-refractivity contribution in [1.29, 1.82) is 0 Å². The summed E-state index contributed by atoms with van der Waals surface area (Å²) in [6, 6.07) is 5.95. The van der Waals surface area contributed by atoms with Gasteiger partial charge in [0, 0.05) is 18.0 Å². The van der Waals surface area contributed by atoms with Crippen LogP contribution < -0.4 is 0 Å². The molecule has 0 fully saturated rings. The molecule has 5 nitrogen and oxygen atoms in total. The topological polar surface area (TPSA) is 67.3 Å². The zero-order valence-corrected chi connectivity index (χ0v) is 13.7. The lowest BCUT2D eigenvalue weighted by Gasteiger charge is -2.16. The number of carbonyl (C=O) groups excluding carboxylic acids is 1. The largest absolute Gasteiger partial charge is 0.295 e. The van der Waals surface area contributed by atoms with E-state index in [9.17, 15) is 13.2 Å². The van der Waals surface area contributed by atoms with E-state index in [1.807, 2.05) is 12.3 Å². The molecule has 0 spiro atoms. The molecule has 0 unspecified atom stereocenters. The first-order chi connectivity index (χ1) is 9.80. The van der Waals surface area contributed by atoms with E-state index in [1.165, 1.54) is 53.9 Å². The first kappa shape index (κ1) is 15.8. The van der Waals surface area contributed by atoms with E-state index in [-0.39, 0.29) is 17.2 Å². The maximum Gasteiger partial charge on any atom is 0.243 e. The highest BCUT2D eigenvalue weighted by Gasteiger charge is 2.21. The fourth-order valence-corrected chi connectivity index (χ4v) is 3.58. The average molecular weight is 324 g/mol. The molecular formula is C14H16N2O3S2. The number of hydrogen-bond donors (Lipinski definition) is 0. The van der Waals surface area contributed by atoms with Crippen molar-refractivity contribution < 1.29 is 13.2 Å². The zero-order chi connectivity index (χ0) is 15.6. The van der Waals surface area contributed by atoms with E-state index in [0.29, 0.717) is 5.56 Å². The number of carbonyl (C=O) groups is 1. The molecule has 0 radical (unpaired) electrons. The van der Waals surface area contributed by atoms with Gasteiger partial charge in [0.05, 0.1) is 22.1 Å². The minimum atomic E-state index is -3.58. The maximum atomic E-state index is 12.4. The number of ketones is 1. The Hall–Kier alpha value is -1.57. The van der Waals surface area contributed by atoms with Gasteiger partial charge in [0.1, 0.15) is 0 Å². The number of sulfonamides is 1. The number of thiazole rings is 1. The Kier molecular flexibility index (Phi) is 4.55.